The fraction of sp³-hybridized carbons (Fsp3) is 0.0645. The lowest BCUT2D eigenvalue weighted by Crippen LogP contribution is -1.96. The van der Waals surface area contributed by atoms with E-state index in [1.807, 2.05) is 30.7 Å². The van der Waals surface area contributed by atoms with E-state index < -0.39 is 0 Å². The van der Waals surface area contributed by atoms with Gasteiger partial charge < -0.3 is 0 Å². The highest BCUT2D eigenvalue weighted by molar-refractivity contribution is 6.17. The van der Waals surface area contributed by atoms with Crippen molar-refractivity contribution in [2.24, 2.45) is 0 Å². The van der Waals surface area contributed by atoms with E-state index in [9.17, 15) is 0 Å². The second-order valence-electron chi connectivity index (χ2n) is 9.65. The van der Waals surface area contributed by atoms with Crippen LogP contribution < -0.4 is 0 Å². The van der Waals surface area contributed by atoms with Gasteiger partial charge in [0.15, 0.2) is 5.65 Å². The quantitative estimate of drug-likeness (QED) is 0.243. The summed E-state index contributed by atoms with van der Waals surface area (Å²) in [6.07, 6.45) is 7.65. The second-order valence-corrected chi connectivity index (χ2v) is 9.65. The van der Waals surface area contributed by atoms with Crippen molar-refractivity contribution in [2.75, 3.05) is 0 Å². The molecule has 0 bridgehead atoms. The summed E-state index contributed by atoms with van der Waals surface area (Å²) < 4.78 is 2.17. The lowest BCUT2D eigenvalue weighted by molar-refractivity contribution is 1.17. The van der Waals surface area contributed by atoms with E-state index in [1.165, 1.54) is 60.7 Å². The summed E-state index contributed by atoms with van der Waals surface area (Å²) in [6.45, 7) is 0. The molecule has 0 aliphatic heterocycles. The van der Waals surface area contributed by atoms with Gasteiger partial charge in [-0.1, -0.05) is 42.5 Å². The topological polar surface area (TPSA) is 43.1 Å². The highest BCUT2D eigenvalue weighted by atomic mass is 15.1. The highest BCUT2D eigenvalue weighted by Crippen LogP contribution is 2.49. The summed E-state index contributed by atoms with van der Waals surface area (Å²) in [5.74, 6) is 0. The summed E-state index contributed by atoms with van der Waals surface area (Å²) in [4.78, 5) is 14.2. The number of rotatable bonds is 0. The van der Waals surface area contributed by atoms with Crippen LogP contribution in [0.5, 0.6) is 0 Å². The van der Waals surface area contributed by atoms with Crippen molar-refractivity contribution >= 4 is 38.5 Å². The normalized spacial score (nSPS) is 13.5. The van der Waals surface area contributed by atoms with Crippen LogP contribution in [0.15, 0.2) is 85.3 Å². The molecule has 4 heteroatoms. The van der Waals surface area contributed by atoms with Crippen molar-refractivity contribution in [1.29, 1.82) is 0 Å². The molecule has 3 aromatic carbocycles. The van der Waals surface area contributed by atoms with E-state index in [1.54, 1.807) is 0 Å². The van der Waals surface area contributed by atoms with Crippen LogP contribution in [0.25, 0.3) is 60.7 Å². The molecule has 0 amide bonds. The molecule has 0 fully saturated rings. The van der Waals surface area contributed by atoms with Gasteiger partial charge in [-0.05, 0) is 87.0 Å². The standard InChI is InChI=1S/C31H18N4/c1-2-5-18-17(4-1)14-24-19(18)7-8-20-21-9-10-23-29(26(21)15-25(20)24)22-11-13-32-16-28(22)35-30(23)34-27-6-3-12-33-31(27)35/h1-13,16H,14-15H2. The third-order valence-corrected chi connectivity index (χ3v) is 8.03. The van der Waals surface area contributed by atoms with Crippen molar-refractivity contribution in [1.82, 2.24) is 19.4 Å². The zero-order valence-electron chi connectivity index (χ0n) is 18.8. The second kappa shape index (κ2) is 6.10. The molecule has 0 N–H and O–H groups in total. The van der Waals surface area contributed by atoms with Gasteiger partial charge in [0.05, 0.1) is 11.7 Å². The van der Waals surface area contributed by atoms with E-state index in [-0.39, 0.29) is 0 Å². The predicted molar refractivity (Wildman–Crippen MR) is 140 cm³/mol. The largest absolute Gasteiger partial charge is 0.274 e. The van der Waals surface area contributed by atoms with Gasteiger partial charge in [0.1, 0.15) is 11.2 Å². The summed E-state index contributed by atoms with van der Waals surface area (Å²) in [5, 5.41) is 3.67. The maximum Gasteiger partial charge on any atom is 0.165 e. The molecule has 162 valence electrons. The minimum atomic E-state index is 0.877. The van der Waals surface area contributed by atoms with Crippen LogP contribution in [0.4, 0.5) is 0 Å². The monoisotopic (exact) mass is 446 g/mol. The maximum absolute atomic E-state index is 5.03. The third-order valence-electron chi connectivity index (χ3n) is 8.03. The Labute approximate surface area is 200 Å². The van der Waals surface area contributed by atoms with E-state index in [2.05, 4.69) is 69.0 Å². The molecule has 0 radical (unpaired) electrons. The fourth-order valence-electron chi connectivity index (χ4n) is 6.58. The predicted octanol–water partition coefficient (Wildman–Crippen LogP) is 6.73. The molecule has 4 aromatic heterocycles. The number of hydrogen-bond donors (Lipinski definition) is 0. The fourth-order valence-corrected chi connectivity index (χ4v) is 6.58. The summed E-state index contributed by atoms with van der Waals surface area (Å²) in [6, 6.07) is 24.2. The van der Waals surface area contributed by atoms with Gasteiger partial charge >= 0.3 is 0 Å². The van der Waals surface area contributed by atoms with Gasteiger partial charge in [-0.25, -0.2) is 9.97 Å². The molecule has 7 aromatic rings. The number of imidazole rings is 1. The molecular weight excluding hydrogens is 428 g/mol. The number of hydrogen-bond acceptors (Lipinski definition) is 3. The number of benzene rings is 3. The molecule has 4 nitrogen and oxygen atoms in total. The molecule has 0 atom stereocenters. The molecule has 35 heavy (non-hydrogen) atoms. The van der Waals surface area contributed by atoms with Crippen molar-refractivity contribution in [3.8, 4) is 22.3 Å². The summed E-state index contributed by atoms with van der Waals surface area (Å²) >= 11 is 0. The number of pyridine rings is 3. The Hall–Kier alpha value is -4.57. The first-order valence-electron chi connectivity index (χ1n) is 12.0. The minimum absolute atomic E-state index is 0.877. The number of fused-ring (bicyclic) bond motifs is 16. The van der Waals surface area contributed by atoms with Gasteiger partial charge in [0.2, 0.25) is 0 Å². The third kappa shape index (κ3) is 2.11. The summed E-state index contributed by atoms with van der Waals surface area (Å²) in [7, 11) is 0. The van der Waals surface area contributed by atoms with Gasteiger partial charge in [-0.3, -0.25) is 9.38 Å². The maximum atomic E-state index is 5.03. The molecular formula is C31H18N4. The number of nitrogens with zero attached hydrogens (tertiary/aromatic N) is 4. The molecule has 0 unspecified atom stereocenters. The average molecular weight is 447 g/mol. The molecule has 2 aliphatic carbocycles. The first-order valence-corrected chi connectivity index (χ1v) is 12.0. The van der Waals surface area contributed by atoms with Crippen LogP contribution in [0.3, 0.4) is 0 Å². The molecule has 0 saturated heterocycles. The van der Waals surface area contributed by atoms with Gasteiger partial charge in [-0.15, -0.1) is 0 Å². The Kier molecular flexibility index (Phi) is 3.11. The van der Waals surface area contributed by atoms with Crippen molar-refractivity contribution in [3.63, 3.8) is 0 Å². The zero-order valence-corrected chi connectivity index (χ0v) is 18.8. The average Bonchev–Trinajstić information content (AvgIpc) is 3.59. The molecule has 9 rings (SSSR count). The lowest BCUT2D eigenvalue weighted by atomic mass is 9.96. The van der Waals surface area contributed by atoms with Crippen LogP contribution in [0, 0.1) is 0 Å². The Balaban J connectivity index is 1.39. The zero-order chi connectivity index (χ0) is 22.7. The van der Waals surface area contributed by atoms with Crippen molar-refractivity contribution in [3.05, 3.63) is 108 Å². The van der Waals surface area contributed by atoms with E-state index >= 15 is 0 Å². The molecule has 0 spiro atoms. The Bertz CT molecular complexity index is 2070. The van der Waals surface area contributed by atoms with E-state index in [0.717, 1.165) is 35.2 Å². The Morgan fingerprint density at radius 3 is 2.43 bits per heavy atom. The van der Waals surface area contributed by atoms with Gasteiger partial charge in [0, 0.05) is 23.2 Å². The first-order chi connectivity index (χ1) is 17.4. The van der Waals surface area contributed by atoms with E-state index in [4.69, 9.17) is 4.98 Å². The highest BCUT2D eigenvalue weighted by Gasteiger charge is 2.30. The van der Waals surface area contributed by atoms with Gasteiger partial charge in [-0.2, -0.15) is 0 Å². The summed E-state index contributed by atoms with van der Waals surface area (Å²) in [5.41, 5.74) is 15.1. The Morgan fingerprint density at radius 1 is 0.629 bits per heavy atom. The molecule has 4 heterocycles. The molecule has 2 aliphatic rings. The first kappa shape index (κ1) is 17.8. The van der Waals surface area contributed by atoms with Crippen LogP contribution in [0.2, 0.25) is 0 Å². The lowest BCUT2D eigenvalue weighted by Gasteiger charge is -2.12. The SMILES string of the molecule is c1ccc2c(c1)Cc1c-2ccc2c1Cc1c-2ccc2c1c1ccncc1n1c3ncccc3nc21. The smallest absolute Gasteiger partial charge is 0.165 e. The van der Waals surface area contributed by atoms with Crippen LogP contribution in [-0.4, -0.2) is 19.4 Å². The van der Waals surface area contributed by atoms with Crippen LogP contribution >= 0.6 is 0 Å². The number of aromatic nitrogens is 4. The van der Waals surface area contributed by atoms with Crippen molar-refractivity contribution in [2.45, 2.75) is 12.8 Å². The van der Waals surface area contributed by atoms with Crippen LogP contribution in [-0.2, 0) is 12.8 Å². The van der Waals surface area contributed by atoms with Crippen molar-refractivity contribution < 1.29 is 0 Å². The van der Waals surface area contributed by atoms with Gasteiger partial charge in [0.25, 0.3) is 0 Å². The van der Waals surface area contributed by atoms with E-state index in [0.29, 0.717) is 0 Å². The Morgan fingerprint density at radius 2 is 1.46 bits per heavy atom. The van der Waals surface area contributed by atoms with Crippen LogP contribution in [0.1, 0.15) is 22.3 Å². The minimum Gasteiger partial charge on any atom is -0.274 e. The molecule has 0 saturated carbocycles.